The highest BCUT2D eigenvalue weighted by Crippen LogP contribution is 2.23. The smallest absolute Gasteiger partial charge is 0.100 e. The van der Waals surface area contributed by atoms with Crippen LogP contribution in [0.3, 0.4) is 0 Å². The van der Waals surface area contributed by atoms with Crippen LogP contribution < -0.4 is 5.73 Å². The summed E-state index contributed by atoms with van der Waals surface area (Å²) in [4.78, 5) is 2.32. The fourth-order valence-electron chi connectivity index (χ4n) is 1.07. The van der Waals surface area contributed by atoms with Crippen LogP contribution in [0.25, 0.3) is 0 Å². The third-order valence-corrected chi connectivity index (χ3v) is 2.98. The molecular formula is C9H15NOS. The van der Waals surface area contributed by atoms with Gasteiger partial charge in [0, 0.05) is 16.3 Å². The standard InChI is InChI=1S/C9H15NOS/c1-2-3-7-4-5-9(12-7)8(11)6-10/h4-5,8,11H,2-3,6,10H2,1H3. The zero-order valence-corrected chi connectivity index (χ0v) is 8.10. The fourth-order valence-corrected chi connectivity index (χ4v) is 2.18. The maximum Gasteiger partial charge on any atom is 0.100 e. The van der Waals surface area contributed by atoms with E-state index in [9.17, 15) is 5.11 Å². The Bertz CT molecular complexity index is 234. The Kier molecular flexibility index (Phi) is 3.72. The summed E-state index contributed by atoms with van der Waals surface area (Å²) in [6.45, 7) is 2.46. The molecule has 1 heterocycles. The number of aliphatic hydroxyl groups is 1. The molecule has 0 aromatic carbocycles. The third-order valence-electron chi connectivity index (χ3n) is 1.73. The molecule has 0 radical (unpaired) electrons. The highest BCUT2D eigenvalue weighted by molar-refractivity contribution is 7.12. The van der Waals surface area contributed by atoms with E-state index in [2.05, 4.69) is 13.0 Å². The Hall–Kier alpha value is -0.380. The normalized spacial score (nSPS) is 13.2. The van der Waals surface area contributed by atoms with Gasteiger partial charge in [-0.05, 0) is 18.6 Å². The van der Waals surface area contributed by atoms with Gasteiger partial charge in [0.1, 0.15) is 6.10 Å². The number of nitrogens with two attached hydrogens (primary N) is 1. The summed E-state index contributed by atoms with van der Waals surface area (Å²) in [5.74, 6) is 0. The maximum absolute atomic E-state index is 9.40. The van der Waals surface area contributed by atoms with E-state index in [0.717, 1.165) is 17.7 Å². The monoisotopic (exact) mass is 185 g/mol. The van der Waals surface area contributed by atoms with Crippen LogP contribution in [0.15, 0.2) is 12.1 Å². The number of thiophene rings is 1. The van der Waals surface area contributed by atoms with E-state index in [1.165, 1.54) is 4.88 Å². The lowest BCUT2D eigenvalue weighted by Crippen LogP contribution is -2.09. The Morgan fingerprint density at radius 2 is 2.33 bits per heavy atom. The minimum atomic E-state index is -0.472. The second-order valence-electron chi connectivity index (χ2n) is 2.81. The van der Waals surface area contributed by atoms with Crippen LogP contribution in [0.1, 0.15) is 29.2 Å². The van der Waals surface area contributed by atoms with Gasteiger partial charge in [-0.15, -0.1) is 11.3 Å². The summed E-state index contributed by atoms with van der Waals surface area (Å²) < 4.78 is 0. The van der Waals surface area contributed by atoms with E-state index in [1.54, 1.807) is 11.3 Å². The summed E-state index contributed by atoms with van der Waals surface area (Å²) in [6, 6.07) is 4.04. The lowest BCUT2D eigenvalue weighted by molar-refractivity contribution is 0.190. The van der Waals surface area contributed by atoms with Crippen LogP contribution >= 0.6 is 11.3 Å². The van der Waals surface area contributed by atoms with Gasteiger partial charge in [-0.25, -0.2) is 0 Å². The fraction of sp³-hybridized carbons (Fsp3) is 0.556. The molecule has 0 fully saturated rings. The zero-order chi connectivity index (χ0) is 8.97. The average Bonchev–Trinajstić information content (AvgIpc) is 2.52. The topological polar surface area (TPSA) is 46.2 Å². The molecule has 0 aliphatic heterocycles. The van der Waals surface area contributed by atoms with Crippen LogP contribution in [0.4, 0.5) is 0 Å². The summed E-state index contributed by atoms with van der Waals surface area (Å²) in [5.41, 5.74) is 5.34. The van der Waals surface area contributed by atoms with Crippen LogP contribution in [-0.2, 0) is 6.42 Å². The highest BCUT2D eigenvalue weighted by atomic mass is 32.1. The van der Waals surface area contributed by atoms with Gasteiger partial charge in [0.05, 0.1) is 0 Å². The summed E-state index contributed by atoms with van der Waals surface area (Å²) >= 11 is 1.66. The molecule has 0 bridgehead atoms. The first-order valence-electron chi connectivity index (χ1n) is 4.24. The molecule has 12 heavy (non-hydrogen) atoms. The van der Waals surface area contributed by atoms with Crippen molar-refractivity contribution in [1.82, 2.24) is 0 Å². The Morgan fingerprint density at radius 1 is 1.58 bits per heavy atom. The highest BCUT2D eigenvalue weighted by Gasteiger charge is 2.07. The van der Waals surface area contributed by atoms with E-state index < -0.39 is 6.10 Å². The number of hydrogen-bond acceptors (Lipinski definition) is 3. The van der Waals surface area contributed by atoms with E-state index in [1.807, 2.05) is 6.07 Å². The predicted molar refractivity (Wildman–Crippen MR) is 52.3 cm³/mol. The molecule has 0 spiro atoms. The molecule has 1 rings (SSSR count). The van der Waals surface area contributed by atoms with Crippen molar-refractivity contribution in [2.24, 2.45) is 5.73 Å². The summed E-state index contributed by atoms with van der Waals surface area (Å²) in [5, 5.41) is 9.40. The van der Waals surface area contributed by atoms with Crippen LogP contribution in [-0.4, -0.2) is 11.7 Å². The third kappa shape index (κ3) is 2.30. The van der Waals surface area contributed by atoms with Gasteiger partial charge in [0.2, 0.25) is 0 Å². The second kappa shape index (κ2) is 4.60. The minimum Gasteiger partial charge on any atom is -0.386 e. The van der Waals surface area contributed by atoms with Gasteiger partial charge in [-0.1, -0.05) is 13.3 Å². The van der Waals surface area contributed by atoms with Crippen molar-refractivity contribution in [3.63, 3.8) is 0 Å². The van der Waals surface area contributed by atoms with Crippen molar-refractivity contribution in [3.8, 4) is 0 Å². The Balaban J connectivity index is 2.63. The number of rotatable bonds is 4. The van der Waals surface area contributed by atoms with Crippen LogP contribution in [0.5, 0.6) is 0 Å². The van der Waals surface area contributed by atoms with Crippen molar-refractivity contribution in [2.45, 2.75) is 25.9 Å². The first kappa shape index (κ1) is 9.71. The van der Waals surface area contributed by atoms with Gasteiger partial charge < -0.3 is 10.8 Å². The van der Waals surface area contributed by atoms with Gasteiger partial charge >= 0.3 is 0 Å². The first-order chi connectivity index (χ1) is 5.77. The van der Waals surface area contributed by atoms with Crippen molar-refractivity contribution >= 4 is 11.3 Å². The predicted octanol–water partition coefficient (Wildman–Crippen LogP) is 1.69. The quantitative estimate of drug-likeness (QED) is 0.750. The summed E-state index contributed by atoms with van der Waals surface area (Å²) in [7, 11) is 0. The van der Waals surface area contributed by atoms with Gasteiger partial charge in [-0.3, -0.25) is 0 Å². The van der Waals surface area contributed by atoms with Gasteiger partial charge in [-0.2, -0.15) is 0 Å². The van der Waals surface area contributed by atoms with Crippen molar-refractivity contribution in [1.29, 1.82) is 0 Å². The molecule has 68 valence electrons. The molecule has 0 aliphatic rings. The van der Waals surface area contributed by atoms with Gasteiger partial charge in [0.15, 0.2) is 0 Å². The minimum absolute atomic E-state index is 0.312. The first-order valence-corrected chi connectivity index (χ1v) is 5.06. The van der Waals surface area contributed by atoms with Crippen LogP contribution in [0, 0.1) is 0 Å². The van der Waals surface area contributed by atoms with E-state index in [-0.39, 0.29) is 0 Å². The number of hydrogen-bond donors (Lipinski definition) is 2. The van der Waals surface area contributed by atoms with Crippen LogP contribution in [0.2, 0.25) is 0 Å². The molecule has 0 saturated carbocycles. The van der Waals surface area contributed by atoms with Crippen molar-refractivity contribution in [2.75, 3.05) is 6.54 Å². The Labute approximate surface area is 77.0 Å². The molecule has 1 aromatic rings. The van der Waals surface area contributed by atoms with E-state index in [4.69, 9.17) is 5.73 Å². The average molecular weight is 185 g/mol. The molecule has 3 heteroatoms. The molecule has 0 aliphatic carbocycles. The molecule has 1 unspecified atom stereocenters. The molecule has 3 N–H and O–H groups in total. The number of aliphatic hydroxyl groups excluding tert-OH is 1. The molecule has 1 aromatic heterocycles. The van der Waals surface area contributed by atoms with E-state index in [0.29, 0.717) is 6.54 Å². The zero-order valence-electron chi connectivity index (χ0n) is 7.29. The SMILES string of the molecule is CCCc1ccc(C(O)CN)s1. The lowest BCUT2D eigenvalue weighted by Gasteiger charge is -2.02. The summed E-state index contributed by atoms with van der Waals surface area (Å²) in [6.07, 6.45) is 1.78. The molecular weight excluding hydrogens is 170 g/mol. The number of aryl methyl sites for hydroxylation is 1. The molecule has 2 nitrogen and oxygen atoms in total. The second-order valence-corrected chi connectivity index (χ2v) is 4.01. The van der Waals surface area contributed by atoms with Crippen molar-refractivity contribution in [3.05, 3.63) is 21.9 Å². The Morgan fingerprint density at radius 3 is 2.92 bits per heavy atom. The maximum atomic E-state index is 9.40. The largest absolute Gasteiger partial charge is 0.386 e. The molecule has 0 saturated heterocycles. The molecule has 1 atom stereocenters. The van der Waals surface area contributed by atoms with E-state index >= 15 is 0 Å². The lowest BCUT2D eigenvalue weighted by atomic mass is 10.2. The molecule has 0 amide bonds. The van der Waals surface area contributed by atoms with Crippen molar-refractivity contribution < 1.29 is 5.11 Å². The van der Waals surface area contributed by atoms with Gasteiger partial charge in [0.25, 0.3) is 0 Å².